The molecule has 692 valence electrons. The number of hydrogen-bond acceptors (Lipinski definition) is 9. The second-order valence-corrected chi connectivity index (χ2v) is 40.6. The average molecular weight is 1930 g/mol. The van der Waals surface area contributed by atoms with Gasteiger partial charge in [0.1, 0.15) is 33.5 Å². The normalized spacial score (nSPS) is 11.5. The third-order valence-electron chi connectivity index (χ3n) is 28.5. The topological polar surface area (TPSA) is 49.1 Å². The summed E-state index contributed by atoms with van der Waals surface area (Å²) < 4.78 is 26.2. The highest BCUT2D eigenvalue weighted by molar-refractivity contribution is 7.26. The van der Waals surface area contributed by atoms with E-state index in [1.807, 2.05) is 70.4 Å². The average Bonchev–Trinajstić information content (AvgIpc) is 1.73. The molecule has 0 bridgehead atoms. The molecule has 0 aliphatic heterocycles. The fourth-order valence-corrected chi connectivity index (χ4v) is 24.3. The summed E-state index contributed by atoms with van der Waals surface area (Å²) in [6.07, 6.45) is 0. The Balaban J connectivity index is 0.000000109. The minimum atomic E-state index is 0.911. The Morgan fingerprint density at radius 1 is 0.109 bits per heavy atom. The number of nitrogens with zero attached hydrogens (tertiary/aromatic N) is 3. The molecule has 6 heterocycles. The number of fused-ring (bicyclic) bond motifs is 18. The van der Waals surface area contributed by atoms with Crippen molar-refractivity contribution >= 4 is 212 Å². The van der Waals surface area contributed by atoms with Gasteiger partial charge in [-0.15, -0.1) is 34.0 Å². The van der Waals surface area contributed by atoms with Crippen molar-refractivity contribution in [3.8, 4) is 89.0 Å². The second kappa shape index (κ2) is 37.8. The molecule has 0 saturated heterocycles. The number of anilines is 9. The molecule has 0 N–H and O–H groups in total. The predicted octanol–water partition coefficient (Wildman–Crippen LogP) is 41.6. The van der Waals surface area contributed by atoms with Gasteiger partial charge in [0.05, 0.1) is 0 Å². The van der Waals surface area contributed by atoms with Gasteiger partial charge < -0.3 is 28.0 Å². The van der Waals surface area contributed by atoms with Crippen LogP contribution in [0, 0.1) is 0 Å². The van der Waals surface area contributed by atoms with Crippen molar-refractivity contribution in [3.63, 3.8) is 0 Å². The third kappa shape index (κ3) is 16.8. The first-order valence-electron chi connectivity index (χ1n) is 49.7. The Labute approximate surface area is 861 Å². The van der Waals surface area contributed by atoms with Crippen LogP contribution in [-0.2, 0) is 0 Å². The number of para-hydroxylation sites is 4. The second-order valence-electron chi connectivity index (χ2n) is 37.3. The summed E-state index contributed by atoms with van der Waals surface area (Å²) in [4.78, 5) is 6.99. The van der Waals surface area contributed by atoms with Crippen molar-refractivity contribution < 1.29 is 13.3 Å². The molecule has 0 radical (unpaired) electrons. The highest BCUT2D eigenvalue weighted by Crippen LogP contribution is 2.48. The molecule has 29 aromatic rings. The van der Waals surface area contributed by atoms with Gasteiger partial charge in [0.2, 0.25) is 0 Å². The first-order valence-corrected chi connectivity index (χ1v) is 52.1. The molecule has 6 nitrogen and oxygen atoms in total. The van der Waals surface area contributed by atoms with Gasteiger partial charge in [-0.05, 0) is 307 Å². The van der Waals surface area contributed by atoms with E-state index in [0.29, 0.717) is 0 Å². The van der Waals surface area contributed by atoms with Crippen LogP contribution >= 0.6 is 34.0 Å². The van der Waals surface area contributed by atoms with Crippen molar-refractivity contribution in [1.29, 1.82) is 0 Å². The summed E-state index contributed by atoms with van der Waals surface area (Å²) in [6.45, 7) is 0. The highest BCUT2D eigenvalue weighted by atomic mass is 32.1. The van der Waals surface area contributed by atoms with Crippen LogP contribution in [0.1, 0.15) is 0 Å². The fourth-order valence-electron chi connectivity index (χ4n) is 21.0. The molecule has 23 aromatic carbocycles. The minimum Gasteiger partial charge on any atom is -0.456 e. The molecule has 9 heteroatoms. The molecule has 0 aliphatic carbocycles. The summed E-state index contributed by atoms with van der Waals surface area (Å²) in [5, 5.41) is 14.8. The van der Waals surface area contributed by atoms with E-state index in [0.717, 1.165) is 128 Å². The van der Waals surface area contributed by atoms with Crippen molar-refractivity contribution in [2.24, 2.45) is 0 Å². The lowest BCUT2D eigenvalue weighted by Crippen LogP contribution is -2.09. The summed E-state index contributed by atoms with van der Waals surface area (Å²) in [6, 6.07) is 194. The molecule has 6 aromatic heterocycles. The zero-order chi connectivity index (χ0) is 97.2. The molecule has 0 aliphatic rings. The van der Waals surface area contributed by atoms with E-state index >= 15 is 0 Å². The highest BCUT2D eigenvalue weighted by Gasteiger charge is 2.23. The summed E-state index contributed by atoms with van der Waals surface area (Å²) >= 11 is 5.57. The zero-order valence-corrected chi connectivity index (χ0v) is 82.1. The van der Waals surface area contributed by atoms with E-state index in [9.17, 15) is 0 Å². The quantitative estimate of drug-likeness (QED) is 0.0905. The van der Waals surface area contributed by atoms with Crippen LogP contribution in [0.3, 0.4) is 0 Å². The third-order valence-corrected chi connectivity index (χ3v) is 31.9. The van der Waals surface area contributed by atoms with Gasteiger partial charge in [0.25, 0.3) is 0 Å². The molecule has 0 unspecified atom stereocenters. The molecule has 0 saturated carbocycles. The molecule has 0 atom stereocenters. The lowest BCUT2D eigenvalue weighted by Gasteiger charge is -2.26. The van der Waals surface area contributed by atoms with Crippen LogP contribution < -0.4 is 14.7 Å². The number of hydrogen-bond donors (Lipinski definition) is 0. The molecule has 0 amide bonds. The largest absolute Gasteiger partial charge is 0.456 e. The van der Waals surface area contributed by atoms with Gasteiger partial charge in [-0.3, -0.25) is 0 Å². The van der Waals surface area contributed by atoms with E-state index in [-0.39, 0.29) is 0 Å². The number of thiophene rings is 3. The SMILES string of the molecule is c1ccc(-c2ccc(N(c3ccc(-c4ccc5oc6ccccc6c5c4)cc3)c3ccc(-c4ccc5sc6ccccc6c5c4)cc3)cc2)cc1.c1ccc(-c2ccc(N(c3ccc(-c4ccc5oc6ccccc6c5c4)cc3)c3ccc(-c4ccc5sc6ccccc6c5c4)cc3)cc2)cc1.c1ccc(N(c2ccc(-c3ccc4oc5ccccc5c4c3)cc2)c2ccc(-c3ccc4sc5ccccc5c4c3)cc2)cc1. The Hall–Kier alpha value is -18.5. The Kier molecular flexibility index (Phi) is 22.5. The van der Waals surface area contributed by atoms with Crippen molar-refractivity contribution in [1.82, 2.24) is 0 Å². The summed E-state index contributed by atoms with van der Waals surface area (Å²) in [7, 11) is 0. The Bertz CT molecular complexity index is 9080. The maximum absolute atomic E-state index is 6.09. The molecule has 0 fully saturated rings. The van der Waals surface area contributed by atoms with E-state index in [4.69, 9.17) is 13.3 Å². The summed E-state index contributed by atoms with van der Waals surface area (Å²) in [5.74, 6) is 0. The van der Waals surface area contributed by atoms with Gasteiger partial charge in [0.15, 0.2) is 0 Å². The first-order chi connectivity index (χ1) is 72.8. The Morgan fingerprint density at radius 3 is 0.524 bits per heavy atom. The minimum absolute atomic E-state index is 0.911. The van der Waals surface area contributed by atoms with Gasteiger partial charge in [0, 0.05) is 144 Å². The van der Waals surface area contributed by atoms with Crippen LogP contribution in [0.25, 0.3) is 215 Å². The number of benzene rings is 23. The van der Waals surface area contributed by atoms with Crippen LogP contribution in [0.2, 0.25) is 0 Å². The first kappa shape index (κ1) is 87.5. The maximum atomic E-state index is 6.09. The summed E-state index contributed by atoms with van der Waals surface area (Å²) in [5.41, 5.74) is 34.6. The van der Waals surface area contributed by atoms with Gasteiger partial charge in [-0.1, -0.05) is 322 Å². The lowest BCUT2D eigenvalue weighted by molar-refractivity contribution is 0.668. The predicted molar refractivity (Wildman–Crippen MR) is 627 cm³/mol. The van der Waals surface area contributed by atoms with Crippen LogP contribution in [0.4, 0.5) is 51.2 Å². The maximum Gasteiger partial charge on any atom is 0.135 e. The van der Waals surface area contributed by atoms with E-state index in [1.165, 1.54) is 138 Å². The van der Waals surface area contributed by atoms with Crippen LogP contribution in [0.15, 0.2) is 553 Å². The van der Waals surface area contributed by atoms with Crippen molar-refractivity contribution in [3.05, 3.63) is 540 Å². The van der Waals surface area contributed by atoms with Gasteiger partial charge in [-0.2, -0.15) is 0 Å². The molecule has 147 heavy (non-hydrogen) atoms. The standard InChI is InChI=1S/2C48H31NOS.C42H27NOS/c2*1-2-8-32(9-3-1)33-14-22-38(23-15-33)49(39-24-16-34(17-25-39)36-20-28-46-43(30-36)41-10-4-6-12-45(41)50-46)40-26-18-35(19-27-40)37-21-29-48-44(31-37)42-11-5-7-13-47(42)51-48;1-2-8-32(9-3-1)43(33-20-14-28(15-21-33)30-18-24-40-37(26-30)35-10-4-6-12-39(35)44-40)34-22-16-29(17-23-34)31-19-25-42-38(27-31)36-11-5-7-13-41(36)45-42/h2*1-31H;1-27H. The molecular weight excluding hydrogens is 1840 g/mol. The molecular formula is C138H89N3O3S3. The van der Waals surface area contributed by atoms with Crippen LogP contribution in [-0.4, -0.2) is 0 Å². The number of furan rings is 3. The zero-order valence-electron chi connectivity index (χ0n) is 79.7. The van der Waals surface area contributed by atoms with Gasteiger partial charge >= 0.3 is 0 Å². The van der Waals surface area contributed by atoms with Gasteiger partial charge in [-0.25, -0.2) is 0 Å². The molecule has 0 spiro atoms. The van der Waals surface area contributed by atoms with Crippen molar-refractivity contribution in [2.45, 2.75) is 0 Å². The van der Waals surface area contributed by atoms with E-state index in [2.05, 4.69) is 518 Å². The lowest BCUT2D eigenvalue weighted by atomic mass is 10.0. The number of rotatable bonds is 17. The molecule has 29 rings (SSSR count). The van der Waals surface area contributed by atoms with Crippen LogP contribution in [0.5, 0.6) is 0 Å². The fraction of sp³-hybridized carbons (Fsp3) is 0. The van der Waals surface area contributed by atoms with E-state index < -0.39 is 0 Å². The Morgan fingerprint density at radius 2 is 0.272 bits per heavy atom. The van der Waals surface area contributed by atoms with Crippen molar-refractivity contribution in [2.75, 3.05) is 14.7 Å². The smallest absolute Gasteiger partial charge is 0.135 e. The van der Waals surface area contributed by atoms with E-state index in [1.54, 1.807) is 0 Å². The monoisotopic (exact) mass is 1930 g/mol.